The number of para-hydroxylation sites is 1. The summed E-state index contributed by atoms with van der Waals surface area (Å²) in [5.41, 5.74) is 2.07. The number of nitrogens with zero attached hydrogens (tertiary/aromatic N) is 2. The zero-order valence-corrected chi connectivity index (χ0v) is 15.0. The minimum atomic E-state index is -0.229. The van der Waals surface area contributed by atoms with E-state index in [4.69, 9.17) is 4.98 Å². The van der Waals surface area contributed by atoms with Crippen molar-refractivity contribution >= 4 is 27.5 Å². The molecule has 0 fully saturated rings. The second-order valence-electron chi connectivity index (χ2n) is 6.17. The van der Waals surface area contributed by atoms with Crippen LogP contribution in [0.25, 0.3) is 10.2 Å². The van der Waals surface area contributed by atoms with Crippen LogP contribution in [0.15, 0.2) is 54.6 Å². The largest absolute Gasteiger partial charge is 0.343 e. The Labute approximate surface area is 146 Å². The maximum atomic E-state index is 12.7. The first-order valence-electron chi connectivity index (χ1n) is 7.99. The molecule has 1 aromatic heterocycles. The lowest BCUT2D eigenvalue weighted by molar-refractivity contribution is -0.916. The molecule has 0 aliphatic heterocycles. The summed E-state index contributed by atoms with van der Waals surface area (Å²) < 4.78 is 1.19. The summed E-state index contributed by atoms with van der Waals surface area (Å²) in [6.45, 7) is 0.721. The van der Waals surface area contributed by atoms with Crippen molar-refractivity contribution < 1.29 is 9.69 Å². The van der Waals surface area contributed by atoms with Crippen molar-refractivity contribution in [1.29, 1.82) is 0 Å². The van der Waals surface area contributed by atoms with E-state index in [1.165, 1.54) is 4.70 Å². The van der Waals surface area contributed by atoms with E-state index in [-0.39, 0.29) is 11.9 Å². The quantitative estimate of drug-likeness (QED) is 0.773. The van der Waals surface area contributed by atoms with Gasteiger partial charge in [0.05, 0.1) is 17.3 Å². The van der Waals surface area contributed by atoms with Gasteiger partial charge in [0, 0.05) is 19.7 Å². The van der Waals surface area contributed by atoms with E-state index in [1.807, 2.05) is 62.6 Å². The first-order chi connectivity index (χ1) is 11.6. The van der Waals surface area contributed by atoms with Gasteiger partial charge in [0.1, 0.15) is 11.6 Å². The average molecular weight is 340 g/mol. The van der Waals surface area contributed by atoms with Crippen LogP contribution in [0.5, 0.6) is 0 Å². The van der Waals surface area contributed by atoms with Gasteiger partial charge in [-0.25, -0.2) is 4.98 Å². The minimum absolute atomic E-state index is 0.111. The molecule has 0 radical (unpaired) electrons. The molecule has 0 aliphatic rings. The van der Waals surface area contributed by atoms with E-state index in [0.29, 0.717) is 0 Å². The van der Waals surface area contributed by atoms with Crippen LogP contribution in [0.3, 0.4) is 0 Å². The number of hydrogen-bond acceptors (Lipinski definition) is 3. The van der Waals surface area contributed by atoms with Crippen LogP contribution in [0.2, 0.25) is 0 Å². The van der Waals surface area contributed by atoms with Gasteiger partial charge in [-0.2, -0.15) is 0 Å². The summed E-state index contributed by atoms with van der Waals surface area (Å²) in [4.78, 5) is 20.2. The molecule has 5 heteroatoms. The molecule has 3 aromatic rings. The summed E-state index contributed by atoms with van der Waals surface area (Å²) in [7, 11) is 5.68. The van der Waals surface area contributed by atoms with Crippen molar-refractivity contribution in [3.8, 4) is 0 Å². The van der Waals surface area contributed by atoms with Gasteiger partial charge in [0.25, 0.3) is 5.91 Å². The number of nitrogens with one attached hydrogen (secondary N) is 1. The fraction of sp³-hybridized carbons (Fsp3) is 0.263. The molecular formula is C19H22N3OS+. The van der Waals surface area contributed by atoms with Crippen molar-refractivity contribution in [2.75, 3.05) is 21.1 Å². The second-order valence-corrected chi connectivity index (χ2v) is 7.29. The molecule has 24 heavy (non-hydrogen) atoms. The number of quaternary nitrogens is 1. The number of aromatic nitrogens is 1. The lowest BCUT2D eigenvalue weighted by atomic mass is 10.0. The Kier molecular flexibility index (Phi) is 4.92. The highest BCUT2D eigenvalue weighted by atomic mass is 32.1. The predicted molar refractivity (Wildman–Crippen MR) is 98.1 cm³/mol. The van der Waals surface area contributed by atoms with Gasteiger partial charge in [-0.1, -0.05) is 42.5 Å². The molecule has 1 amide bonds. The van der Waals surface area contributed by atoms with Gasteiger partial charge in [0.2, 0.25) is 0 Å². The molecule has 0 bridgehead atoms. The predicted octanol–water partition coefficient (Wildman–Crippen LogP) is 2.14. The highest BCUT2D eigenvalue weighted by molar-refractivity contribution is 7.18. The molecule has 124 valence electrons. The molecule has 1 N–H and O–H groups in total. The number of carbonyl (C=O) groups excluding carboxylic acids is 1. The minimum Gasteiger partial charge on any atom is -0.343 e. The lowest BCUT2D eigenvalue weighted by Gasteiger charge is -2.26. The van der Waals surface area contributed by atoms with Crippen molar-refractivity contribution in [3.05, 3.63) is 65.2 Å². The van der Waals surface area contributed by atoms with Gasteiger partial charge in [-0.3, -0.25) is 4.79 Å². The second kappa shape index (κ2) is 7.11. The van der Waals surface area contributed by atoms with Crippen molar-refractivity contribution in [2.24, 2.45) is 0 Å². The summed E-state index contributed by atoms with van der Waals surface area (Å²) in [6, 6.07) is 17.9. The lowest BCUT2D eigenvalue weighted by Crippen LogP contribution is -3.09. The van der Waals surface area contributed by atoms with Gasteiger partial charge in [-0.15, -0.1) is 11.3 Å². The van der Waals surface area contributed by atoms with Crippen LogP contribution in [-0.4, -0.2) is 36.9 Å². The number of carbonyl (C=O) groups is 1. The number of rotatable bonds is 5. The molecule has 1 unspecified atom stereocenters. The van der Waals surface area contributed by atoms with E-state index >= 15 is 0 Å². The molecule has 4 nitrogen and oxygen atoms in total. The zero-order chi connectivity index (χ0) is 17.1. The molecule has 0 saturated carbocycles. The van der Waals surface area contributed by atoms with E-state index < -0.39 is 0 Å². The van der Waals surface area contributed by atoms with Crippen molar-refractivity contribution in [1.82, 2.24) is 9.88 Å². The number of benzene rings is 2. The van der Waals surface area contributed by atoms with Crippen LogP contribution in [0, 0.1) is 0 Å². The fourth-order valence-electron chi connectivity index (χ4n) is 2.88. The molecule has 2 aromatic carbocycles. The molecule has 2 atom stereocenters. The third kappa shape index (κ3) is 3.47. The molecule has 0 aliphatic carbocycles. The number of hydrogen-bond donors (Lipinski definition) is 1. The molecule has 0 spiro atoms. The zero-order valence-electron chi connectivity index (χ0n) is 14.2. The van der Waals surface area contributed by atoms with Crippen LogP contribution in [0.4, 0.5) is 0 Å². The monoisotopic (exact) mass is 340 g/mol. The number of fused-ring (bicyclic) bond motifs is 1. The third-order valence-electron chi connectivity index (χ3n) is 4.08. The Balaban J connectivity index is 1.88. The highest BCUT2D eigenvalue weighted by Gasteiger charge is 2.30. The Morgan fingerprint density at radius 2 is 1.79 bits per heavy atom. The van der Waals surface area contributed by atoms with Gasteiger partial charge in [-0.05, 0) is 12.1 Å². The van der Waals surface area contributed by atoms with Crippen LogP contribution < -0.4 is 4.90 Å². The normalized spacial score (nSPS) is 13.6. The summed E-state index contributed by atoms with van der Waals surface area (Å²) in [5.74, 6) is 0.111. The SMILES string of the molecule is CN(C)C(=O)[C@H](c1ccccc1)[NH+](C)Cc1nc2ccccc2s1. The third-order valence-corrected chi connectivity index (χ3v) is 5.12. The van der Waals surface area contributed by atoms with Crippen LogP contribution in [0.1, 0.15) is 16.6 Å². The number of likely N-dealkylation sites (N-methyl/N-ethyl adjacent to an activating group) is 2. The van der Waals surface area contributed by atoms with E-state index in [2.05, 4.69) is 13.1 Å². The average Bonchev–Trinajstić information content (AvgIpc) is 2.98. The van der Waals surface area contributed by atoms with E-state index in [9.17, 15) is 4.79 Å². The Hall–Kier alpha value is -2.24. The Morgan fingerprint density at radius 3 is 2.46 bits per heavy atom. The van der Waals surface area contributed by atoms with Crippen LogP contribution in [-0.2, 0) is 11.3 Å². The molecule has 1 heterocycles. The standard InChI is InChI=1S/C19H21N3OS/c1-21(2)19(23)18(14-9-5-4-6-10-14)22(3)13-17-20-15-11-7-8-12-16(15)24-17/h4-12,18H,13H2,1-3H3/p+1/t18-/m0/s1. The first-order valence-corrected chi connectivity index (χ1v) is 8.81. The number of amides is 1. The van der Waals surface area contributed by atoms with E-state index in [0.717, 1.165) is 27.5 Å². The Bertz CT molecular complexity index is 796. The smallest absolute Gasteiger partial charge is 0.285 e. The molecule has 0 saturated heterocycles. The van der Waals surface area contributed by atoms with Gasteiger partial charge in [0.15, 0.2) is 6.04 Å². The van der Waals surface area contributed by atoms with Crippen LogP contribution >= 0.6 is 11.3 Å². The summed E-state index contributed by atoms with van der Waals surface area (Å²) in [5, 5.41) is 1.06. The summed E-state index contributed by atoms with van der Waals surface area (Å²) in [6.07, 6.45) is 0. The topological polar surface area (TPSA) is 37.6 Å². The highest BCUT2D eigenvalue weighted by Crippen LogP contribution is 2.21. The Morgan fingerprint density at radius 1 is 1.12 bits per heavy atom. The molecular weight excluding hydrogens is 318 g/mol. The molecule has 3 rings (SSSR count). The van der Waals surface area contributed by atoms with Crippen molar-refractivity contribution in [3.63, 3.8) is 0 Å². The fourth-order valence-corrected chi connectivity index (χ4v) is 3.94. The maximum Gasteiger partial charge on any atom is 0.285 e. The number of thiazole rings is 1. The van der Waals surface area contributed by atoms with E-state index in [1.54, 1.807) is 16.2 Å². The van der Waals surface area contributed by atoms with Gasteiger partial charge >= 0.3 is 0 Å². The summed E-state index contributed by atoms with van der Waals surface area (Å²) >= 11 is 1.70. The van der Waals surface area contributed by atoms with Crippen molar-refractivity contribution in [2.45, 2.75) is 12.6 Å². The maximum absolute atomic E-state index is 12.7. The van der Waals surface area contributed by atoms with Gasteiger partial charge < -0.3 is 9.80 Å². The first kappa shape index (κ1) is 16.6.